The van der Waals surface area contributed by atoms with E-state index in [1.807, 2.05) is 0 Å². The van der Waals surface area contributed by atoms with Crippen LogP contribution in [0.5, 0.6) is 0 Å². The van der Waals surface area contributed by atoms with E-state index in [4.69, 9.17) is 0 Å². The van der Waals surface area contributed by atoms with Crippen molar-refractivity contribution in [1.82, 2.24) is 15.1 Å². The molecule has 1 saturated heterocycles. The van der Waals surface area contributed by atoms with Gasteiger partial charge in [-0.05, 0) is 47.9 Å². The summed E-state index contributed by atoms with van der Waals surface area (Å²) in [6, 6.07) is 6.21. The molecule has 1 spiro atoms. The fourth-order valence-corrected chi connectivity index (χ4v) is 4.81. The standard InChI is InChI=1S/C23H20BrF4N3O4/c1-12(23(26,27)28)30(10-13-2-5-15(25)6-3-13)19(33)11-31-20(34)22(29-21(31)35)9-18(32)16-8-14(24)4-7-17(16)22/h2-8,12,18,32H,9-11H2,1H3,(H,29,35)/t12-,18?,22?/m0/s1. The maximum atomic E-state index is 13.5. The van der Waals surface area contributed by atoms with Crippen molar-refractivity contribution in [2.24, 2.45) is 0 Å². The number of imide groups is 1. The molecule has 186 valence electrons. The number of aliphatic hydroxyl groups excluding tert-OH is 1. The number of halogens is 5. The van der Waals surface area contributed by atoms with Crippen molar-refractivity contribution in [3.05, 3.63) is 69.4 Å². The number of hydrogen-bond acceptors (Lipinski definition) is 4. The molecule has 4 amide bonds. The Morgan fingerprint density at radius 3 is 2.54 bits per heavy atom. The first-order valence-electron chi connectivity index (χ1n) is 10.6. The van der Waals surface area contributed by atoms with Crippen LogP contribution in [0.1, 0.15) is 36.1 Å². The number of rotatable bonds is 5. The molecule has 0 bridgehead atoms. The zero-order valence-corrected chi connectivity index (χ0v) is 19.9. The lowest BCUT2D eigenvalue weighted by Gasteiger charge is -2.32. The van der Waals surface area contributed by atoms with Crippen LogP contribution in [0.25, 0.3) is 0 Å². The van der Waals surface area contributed by atoms with Crippen LogP contribution in [0.3, 0.4) is 0 Å². The number of amides is 4. The summed E-state index contributed by atoms with van der Waals surface area (Å²) in [7, 11) is 0. The Labute approximate surface area is 205 Å². The molecule has 1 fully saturated rings. The molecule has 1 aliphatic heterocycles. The first kappa shape index (κ1) is 25.1. The summed E-state index contributed by atoms with van der Waals surface area (Å²) in [5.74, 6) is -2.54. The molecule has 2 aromatic rings. The Bertz CT molecular complexity index is 1190. The molecule has 12 heteroatoms. The van der Waals surface area contributed by atoms with Crippen molar-refractivity contribution in [3.8, 4) is 0 Å². The van der Waals surface area contributed by atoms with Crippen LogP contribution in [0.2, 0.25) is 0 Å². The van der Waals surface area contributed by atoms with Crippen molar-refractivity contribution in [2.45, 2.75) is 43.8 Å². The number of nitrogens with zero attached hydrogens (tertiary/aromatic N) is 2. The molecule has 2 unspecified atom stereocenters. The number of fused-ring (bicyclic) bond motifs is 2. The van der Waals surface area contributed by atoms with Gasteiger partial charge in [0.25, 0.3) is 5.91 Å². The van der Waals surface area contributed by atoms with Crippen LogP contribution in [0.4, 0.5) is 22.4 Å². The quantitative estimate of drug-likeness (QED) is 0.433. The minimum atomic E-state index is -4.78. The first-order valence-corrected chi connectivity index (χ1v) is 11.4. The topological polar surface area (TPSA) is 90.0 Å². The van der Waals surface area contributed by atoms with Gasteiger partial charge in [0, 0.05) is 17.4 Å². The molecule has 2 N–H and O–H groups in total. The van der Waals surface area contributed by atoms with E-state index in [0.29, 0.717) is 25.4 Å². The summed E-state index contributed by atoms with van der Waals surface area (Å²) < 4.78 is 54.5. The number of alkyl halides is 3. The smallest absolute Gasteiger partial charge is 0.388 e. The second kappa shape index (κ2) is 8.90. The number of nitrogens with one attached hydrogen (secondary N) is 1. The van der Waals surface area contributed by atoms with Crippen LogP contribution < -0.4 is 5.32 Å². The van der Waals surface area contributed by atoms with Gasteiger partial charge in [-0.15, -0.1) is 0 Å². The summed E-state index contributed by atoms with van der Waals surface area (Å²) in [5.41, 5.74) is -0.606. The summed E-state index contributed by atoms with van der Waals surface area (Å²) in [6.07, 6.45) is -6.02. The Kier molecular flexibility index (Phi) is 6.39. The fraction of sp³-hybridized carbons (Fsp3) is 0.348. The van der Waals surface area contributed by atoms with Gasteiger partial charge in [-0.2, -0.15) is 13.2 Å². The van der Waals surface area contributed by atoms with Crippen LogP contribution in [-0.2, 0) is 21.7 Å². The van der Waals surface area contributed by atoms with E-state index in [0.717, 1.165) is 19.1 Å². The molecular formula is C23H20BrF4N3O4. The highest BCUT2D eigenvalue weighted by Gasteiger charge is 2.58. The van der Waals surface area contributed by atoms with Gasteiger partial charge in [0.1, 0.15) is 23.9 Å². The van der Waals surface area contributed by atoms with Gasteiger partial charge in [0.05, 0.1) is 6.10 Å². The average Bonchev–Trinajstić information content (AvgIpc) is 3.19. The van der Waals surface area contributed by atoms with E-state index < -0.39 is 60.6 Å². The number of carbonyl (C=O) groups excluding carboxylic acids is 3. The molecule has 3 atom stereocenters. The summed E-state index contributed by atoms with van der Waals surface area (Å²) in [6.45, 7) is -0.656. The molecule has 2 aliphatic rings. The normalized spacial score (nSPS) is 22.4. The SMILES string of the molecule is C[C@H](N(Cc1ccc(F)cc1)C(=O)CN1C(=O)NC2(CC(O)c3cc(Br)ccc32)C1=O)C(F)(F)F. The van der Waals surface area contributed by atoms with Gasteiger partial charge in [0.2, 0.25) is 5.91 Å². The van der Waals surface area contributed by atoms with Crippen molar-refractivity contribution in [3.63, 3.8) is 0 Å². The molecule has 0 saturated carbocycles. The zero-order valence-electron chi connectivity index (χ0n) is 18.3. The average molecular weight is 558 g/mol. The Hall–Kier alpha value is -2.99. The fourth-order valence-electron chi connectivity index (χ4n) is 4.43. The van der Waals surface area contributed by atoms with E-state index in [1.165, 1.54) is 12.1 Å². The van der Waals surface area contributed by atoms with E-state index in [1.54, 1.807) is 18.2 Å². The van der Waals surface area contributed by atoms with E-state index in [9.17, 15) is 37.1 Å². The highest BCUT2D eigenvalue weighted by molar-refractivity contribution is 9.10. The number of hydrogen-bond donors (Lipinski definition) is 2. The monoisotopic (exact) mass is 557 g/mol. The number of carbonyl (C=O) groups is 3. The molecule has 0 aromatic heterocycles. The molecule has 35 heavy (non-hydrogen) atoms. The van der Waals surface area contributed by atoms with Gasteiger partial charge in [-0.1, -0.05) is 34.1 Å². The molecular weight excluding hydrogens is 538 g/mol. The second-order valence-electron chi connectivity index (χ2n) is 8.54. The van der Waals surface area contributed by atoms with Gasteiger partial charge in [-0.25, -0.2) is 9.18 Å². The largest absolute Gasteiger partial charge is 0.408 e. The van der Waals surface area contributed by atoms with Gasteiger partial charge < -0.3 is 15.3 Å². The summed E-state index contributed by atoms with van der Waals surface area (Å²) in [4.78, 5) is 40.1. The third kappa shape index (κ3) is 4.52. The Morgan fingerprint density at radius 1 is 1.26 bits per heavy atom. The van der Waals surface area contributed by atoms with Crippen LogP contribution >= 0.6 is 15.9 Å². The van der Waals surface area contributed by atoms with Gasteiger partial charge in [0.15, 0.2) is 0 Å². The lowest BCUT2D eigenvalue weighted by Crippen LogP contribution is -2.51. The maximum Gasteiger partial charge on any atom is 0.408 e. The lowest BCUT2D eigenvalue weighted by atomic mass is 9.92. The van der Waals surface area contributed by atoms with Crippen LogP contribution in [0.15, 0.2) is 46.9 Å². The van der Waals surface area contributed by atoms with Gasteiger partial charge in [-0.3, -0.25) is 14.5 Å². The third-order valence-electron chi connectivity index (χ3n) is 6.33. The molecule has 2 aromatic carbocycles. The predicted octanol–water partition coefficient (Wildman–Crippen LogP) is 3.75. The van der Waals surface area contributed by atoms with Crippen LogP contribution in [0, 0.1) is 5.82 Å². The second-order valence-corrected chi connectivity index (χ2v) is 9.46. The maximum absolute atomic E-state index is 13.5. The van der Waals surface area contributed by atoms with Crippen LogP contribution in [-0.4, -0.2) is 51.5 Å². The number of aliphatic hydroxyl groups is 1. The third-order valence-corrected chi connectivity index (χ3v) is 6.82. The van der Waals surface area contributed by atoms with E-state index in [-0.39, 0.29) is 12.0 Å². The highest BCUT2D eigenvalue weighted by Crippen LogP contribution is 2.47. The minimum absolute atomic E-state index is 0.174. The van der Waals surface area contributed by atoms with Crippen molar-refractivity contribution in [2.75, 3.05) is 6.54 Å². The zero-order chi connectivity index (χ0) is 25.7. The lowest BCUT2D eigenvalue weighted by molar-refractivity contribution is -0.187. The first-order chi connectivity index (χ1) is 16.3. The minimum Gasteiger partial charge on any atom is -0.388 e. The number of urea groups is 1. The molecule has 7 nitrogen and oxygen atoms in total. The molecule has 0 radical (unpaired) electrons. The molecule has 1 heterocycles. The Balaban J connectivity index is 1.60. The van der Waals surface area contributed by atoms with E-state index >= 15 is 0 Å². The summed E-state index contributed by atoms with van der Waals surface area (Å²) in [5, 5.41) is 13.0. The summed E-state index contributed by atoms with van der Waals surface area (Å²) >= 11 is 3.28. The predicted molar refractivity (Wildman–Crippen MR) is 118 cm³/mol. The Morgan fingerprint density at radius 2 is 1.91 bits per heavy atom. The molecule has 4 rings (SSSR count). The van der Waals surface area contributed by atoms with Gasteiger partial charge >= 0.3 is 12.2 Å². The number of benzene rings is 2. The van der Waals surface area contributed by atoms with Crippen molar-refractivity contribution >= 4 is 33.8 Å². The van der Waals surface area contributed by atoms with E-state index in [2.05, 4.69) is 21.2 Å². The van der Waals surface area contributed by atoms with Crippen molar-refractivity contribution in [1.29, 1.82) is 0 Å². The van der Waals surface area contributed by atoms with Crippen molar-refractivity contribution < 1.29 is 37.1 Å². The molecule has 1 aliphatic carbocycles. The highest BCUT2D eigenvalue weighted by atomic mass is 79.9.